The van der Waals surface area contributed by atoms with Gasteiger partial charge in [0, 0.05) is 12.1 Å². The van der Waals surface area contributed by atoms with Crippen LogP contribution in [0.1, 0.15) is 5.56 Å². The van der Waals surface area contributed by atoms with Crippen LogP contribution in [0.25, 0.3) is 0 Å². The number of carbonyl (C=O) groups is 1. The van der Waals surface area contributed by atoms with Gasteiger partial charge >= 0.3 is 5.97 Å². The summed E-state index contributed by atoms with van der Waals surface area (Å²) in [7, 11) is -4.34. The van der Waals surface area contributed by atoms with E-state index in [4.69, 9.17) is 9.66 Å². The van der Waals surface area contributed by atoms with Crippen LogP contribution in [-0.4, -0.2) is 35.7 Å². The molecule has 1 aromatic rings. The summed E-state index contributed by atoms with van der Waals surface area (Å²) >= 11 is 0. The van der Waals surface area contributed by atoms with Crippen LogP contribution in [0.4, 0.5) is 0 Å². The fraction of sp³-hybridized carbons (Fsp3) is 0.222. The SMILES string of the molecule is O=C(O)CNCc1cc(S(=O)(=O)O)ccc1O. The molecule has 4 N–H and O–H groups in total. The van der Waals surface area contributed by atoms with Gasteiger partial charge < -0.3 is 15.5 Å². The predicted octanol–water partition coefficient (Wildman–Crippen LogP) is -0.187. The first-order chi connectivity index (χ1) is 7.80. The first-order valence-electron chi connectivity index (χ1n) is 4.52. The Morgan fingerprint density at radius 2 is 2.00 bits per heavy atom. The number of carboxylic acid groups (broad SMARTS) is 1. The van der Waals surface area contributed by atoms with Gasteiger partial charge in [-0.25, -0.2) is 0 Å². The molecule has 0 saturated heterocycles. The van der Waals surface area contributed by atoms with Crippen molar-refractivity contribution in [3.63, 3.8) is 0 Å². The minimum atomic E-state index is -4.34. The zero-order chi connectivity index (χ0) is 13.1. The van der Waals surface area contributed by atoms with Crippen LogP contribution in [0, 0.1) is 0 Å². The summed E-state index contributed by atoms with van der Waals surface area (Å²) in [6.07, 6.45) is 0. The molecule has 0 aromatic heterocycles. The Kier molecular flexibility index (Phi) is 4.05. The van der Waals surface area contributed by atoms with Gasteiger partial charge in [0.25, 0.3) is 10.1 Å². The van der Waals surface area contributed by atoms with E-state index < -0.39 is 16.1 Å². The number of phenols is 1. The lowest BCUT2D eigenvalue weighted by molar-refractivity contribution is -0.136. The fourth-order valence-electron chi connectivity index (χ4n) is 1.17. The van der Waals surface area contributed by atoms with Gasteiger partial charge in [-0.15, -0.1) is 0 Å². The molecule has 0 unspecified atom stereocenters. The van der Waals surface area contributed by atoms with E-state index in [1.165, 1.54) is 0 Å². The van der Waals surface area contributed by atoms with Gasteiger partial charge in [-0.05, 0) is 18.2 Å². The molecule has 0 heterocycles. The number of aliphatic carboxylic acids is 1. The molecule has 17 heavy (non-hydrogen) atoms. The molecule has 0 fully saturated rings. The maximum atomic E-state index is 10.8. The van der Waals surface area contributed by atoms with Crippen LogP contribution in [-0.2, 0) is 21.5 Å². The van der Waals surface area contributed by atoms with Gasteiger partial charge in [0.2, 0.25) is 0 Å². The van der Waals surface area contributed by atoms with Crippen molar-refractivity contribution in [2.45, 2.75) is 11.4 Å². The quantitative estimate of drug-likeness (QED) is 0.541. The van der Waals surface area contributed by atoms with Crippen molar-refractivity contribution < 1.29 is 28.0 Å². The van der Waals surface area contributed by atoms with Gasteiger partial charge in [0.05, 0.1) is 11.4 Å². The molecule has 0 aliphatic carbocycles. The number of benzene rings is 1. The van der Waals surface area contributed by atoms with Crippen LogP contribution in [0.3, 0.4) is 0 Å². The minimum absolute atomic E-state index is 0.0263. The Bertz CT molecular complexity index is 524. The molecular weight excluding hydrogens is 250 g/mol. The molecule has 0 atom stereocenters. The largest absolute Gasteiger partial charge is 0.508 e. The van der Waals surface area contributed by atoms with E-state index in [9.17, 15) is 18.3 Å². The molecule has 0 bridgehead atoms. The second kappa shape index (κ2) is 5.13. The van der Waals surface area contributed by atoms with Crippen molar-refractivity contribution >= 4 is 16.1 Å². The molecule has 0 radical (unpaired) electrons. The summed E-state index contributed by atoms with van der Waals surface area (Å²) in [6.45, 7) is -0.350. The molecule has 8 heteroatoms. The standard InChI is InChI=1S/C9H11NO6S/c11-8-2-1-7(17(14,15)16)3-6(8)4-10-5-9(12)13/h1-3,10-11H,4-5H2,(H,12,13)(H,14,15,16). The van der Waals surface area contributed by atoms with Crippen molar-refractivity contribution in [2.75, 3.05) is 6.54 Å². The van der Waals surface area contributed by atoms with E-state index in [2.05, 4.69) is 5.32 Å². The Morgan fingerprint density at radius 1 is 1.35 bits per heavy atom. The van der Waals surface area contributed by atoms with Crippen LogP contribution in [0.15, 0.2) is 23.1 Å². The molecule has 0 aliphatic rings. The first kappa shape index (κ1) is 13.4. The minimum Gasteiger partial charge on any atom is -0.508 e. The average molecular weight is 261 g/mol. The Balaban J connectivity index is 2.88. The highest BCUT2D eigenvalue weighted by molar-refractivity contribution is 7.85. The van der Waals surface area contributed by atoms with E-state index in [0.29, 0.717) is 0 Å². The van der Waals surface area contributed by atoms with Crippen LogP contribution < -0.4 is 5.32 Å². The summed E-state index contributed by atoms with van der Waals surface area (Å²) in [5.41, 5.74) is 0.182. The van der Waals surface area contributed by atoms with Gasteiger partial charge in [-0.2, -0.15) is 8.42 Å². The monoisotopic (exact) mass is 261 g/mol. The van der Waals surface area contributed by atoms with Crippen molar-refractivity contribution in [3.8, 4) is 5.75 Å². The maximum Gasteiger partial charge on any atom is 0.317 e. The molecule has 0 spiro atoms. The molecule has 1 aromatic carbocycles. The summed E-state index contributed by atoms with van der Waals surface area (Å²) in [5, 5.41) is 20.3. The molecule has 7 nitrogen and oxygen atoms in total. The maximum absolute atomic E-state index is 10.8. The molecule has 0 amide bonds. The third-order valence-corrected chi connectivity index (χ3v) is 2.79. The molecular formula is C9H11NO6S. The molecule has 0 saturated carbocycles. The van der Waals surface area contributed by atoms with E-state index in [-0.39, 0.29) is 29.3 Å². The van der Waals surface area contributed by atoms with Gasteiger partial charge in [-0.3, -0.25) is 9.35 Å². The van der Waals surface area contributed by atoms with Gasteiger partial charge in [0.15, 0.2) is 0 Å². The zero-order valence-electron chi connectivity index (χ0n) is 8.62. The van der Waals surface area contributed by atoms with Crippen molar-refractivity contribution in [2.24, 2.45) is 0 Å². The van der Waals surface area contributed by atoms with Crippen LogP contribution >= 0.6 is 0 Å². The van der Waals surface area contributed by atoms with Crippen molar-refractivity contribution in [1.29, 1.82) is 0 Å². The summed E-state index contributed by atoms with van der Waals surface area (Å²) < 4.78 is 30.5. The number of rotatable bonds is 5. The average Bonchev–Trinajstić information content (AvgIpc) is 2.18. The topological polar surface area (TPSA) is 124 Å². The van der Waals surface area contributed by atoms with E-state index in [0.717, 1.165) is 18.2 Å². The number of hydrogen-bond acceptors (Lipinski definition) is 5. The van der Waals surface area contributed by atoms with Crippen molar-refractivity contribution in [3.05, 3.63) is 23.8 Å². The highest BCUT2D eigenvalue weighted by Crippen LogP contribution is 2.20. The number of nitrogens with one attached hydrogen (secondary N) is 1. The fourth-order valence-corrected chi connectivity index (χ4v) is 1.70. The Labute approximate surface area is 97.5 Å². The number of hydrogen-bond donors (Lipinski definition) is 4. The highest BCUT2D eigenvalue weighted by atomic mass is 32.2. The van der Waals surface area contributed by atoms with Gasteiger partial charge in [0.1, 0.15) is 5.75 Å². The van der Waals surface area contributed by atoms with Crippen LogP contribution in [0.2, 0.25) is 0 Å². The van der Waals surface area contributed by atoms with Crippen LogP contribution in [0.5, 0.6) is 5.75 Å². The summed E-state index contributed by atoms with van der Waals surface area (Å²) in [5.74, 6) is -1.26. The lowest BCUT2D eigenvalue weighted by Gasteiger charge is -2.06. The van der Waals surface area contributed by atoms with E-state index >= 15 is 0 Å². The van der Waals surface area contributed by atoms with Crippen molar-refractivity contribution in [1.82, 2.24) is 5.32 Å². The van der Waals surface area contributed by atoms with Gasteiger partial charge in [-0.1, -0.05) is 0 Å². The lowest BCUT2D eigenvalue weighted by Crippen LogP contribution is -2.22. The number of aromatic hydroxyl groups is 1. The second-order valence-corrected chi connectivity index (χ2v) is 4.68. The Hall–Kier alpha value is -1.64. The Morgan fingerprint density at radius 3 is 2.53 bits per heavy atom. The second-order valence-electron chi connectivity index (χ2n) is 3.26. The smallest absolute Gasteiger partial charge is 0.317 e. The normalized spacial score (nSPS) is 11.4. The molecule has 94 valence electrons. The molecule has 0 aliphatic heterocycles. The lowest BCUT2D eigenvalue weighted by atomic mass is 10.2. The third-order valence-electron chi connectivity index (χ3n) is 1.94. The highest BCUT2D eigenvalue weighted by Gasteiger charge is 2.12. The number of carboxylic acids is 1. The molecule has 1 rings (SSSR count). The predicted molar refractivity (Wildman–Crippen MR) is 57.3 cm³/mol. The zero-order valence-corrected chi connectivity index (χ0v) is 9.44. The third kappa shape index (κ3) is 4.02. The summed E-state index contributed by atoms with van der Waals surface area (Å²) in [6, 6.07) is 3.23. The van der Waals surface area contributed by atoms with E-state index in [1.54, 1.807) is 0 Å². The van der Waals surface area contributed by atoms with E-state index in [1.807, 2.05) is 0 Å². The summed E-state index contributed by atoms with van der Waals surface area (Å²) in [4.78, 5) is 9.88. The first-order valence-corrected chi connectivity index (χ1v) is 5.96. The number of phenolic OH excluding ortho intramolecular Hbond substituents is 1.